The molecule has 0 aromatic heterocycles. The van der Waals surface area contributed by atoms with Crippen molar-refractivity contribution >= 4 is 21.6 Å². The lowest BCUT2D eigenvalue weighted by Crippen LogP contribution is -2.23. The average molecular weight is 313 g/mol. The highest BCUT2D eigenvalue weighted by atomic mass is 79.9. The van der Waals surface area contributed by atoms with Gasteiger partial charge in [0.15, 0.2) is 0 Å². The number of aliphatic hydroxyl groups is 1. The summed E-state index contributed by atoms with van der Waals surface area (Å²) in [6.45, 7) is 4.40. The normalized spacial score (nSPS) is 21.3. The van der Waals surface area contributed by atoms with E-state index < -0.39 is 0 Å². The Labute approximate surface area is 117 Å². The average Bonchev–Trinajstić information content (AvgIpc) is 2.78. The summed E-state index contributed by atoms with van der Waals surface area (Å²) in [6.07, 6.45) is 2.07. The highest BCUT2D eigenvalue weighted by Crippen LogP contribution is 2.32. The van der Waals surface area contributed by atoms with Gasteiger partial charge in [0.1, 0.15) is 0 Å². The van der Waals surface area contributed by atoms with E-state index in [4.69, 9.17) is 10.8 Å². The Morgan fingerprint density at radius 1 is 1.56 bits per heavy atom. The van der Waals surface area contributed by atoms with Gasteiger partial charge in [-0.05, 0) is 49.4 Å². The van der Waals surface area contributed by atoms with Crippen LogP contribution in [0.1, 0.15) is 31.4 Å². The SMILES string of the molecule is CC(N)c1cc(Br)ccc1N1CCC(CCO)C1. The summed E-state index contributed by atoms with van der Waals surface area (Å²) in [5.74, 6) is 0.611. The predicted molar refractivity (Wildman–Crippen MR) is 78.8 cm³/mol. The second-order valence-corrected chi connectivity index (χ2v) is 6.02. The monoisotopic (exact) mass is 312 g/mol. The van der Waals surface area contributed by atoms with Gasteiger partial charge in [-0.2, -0.15) is 0 Å². The molecular weight excluding hydrogens is 292 g/mol. The van der Waals surface area contributed by atoms with Crippen LogP contribution in [0.5, 0.6) is 0 Å². The number of halogens is 1. The van der Waals surface area contributed by atoms with Crippen molar-refractivity contribution in [2.75, 3.05) is 24.6 Å². The molecule has 2 rings (SSSR count). The Morgan fingerprint density at radius 2 is 2.33 bits per heavy atom. The molecule has 1 fully saturated rings. The summed E-state index contributed by atoms with van der Waals surface area (Å²) in [4.78, 5) is 2.39. The van der Waals surface area contributed by atoms with E-state index in [0.29, 0.717) is 12.5 Å². The van der Waals surface area contributed by atoms with Crippen LogP contribution in [0, 0.1) is 5.92 Å². The standard InChI is InChI=1S/C14H21BrN2O/c1-10(16)13-8-12(15)2-3-14(13)17-6-4-11(9-17)5-7-18/h2-3,8,10-11,18H,4-7,9,16H2,1H3. The Balaban J connectivity index is 2.18. The maximum Gasteiger partial charge on any atom is 0.0434 e. The molecule has 100 valence electrons. The third-order valence-electron chi connectivity index (χ3n) is 3.64. The van der Waals surface area contributed by atoms with Crippen LogP contribution in [0.25, 0.3) is 0 Å². The van der Waals surface area contributed by atoms with Crippen molar-refractivity contribution in [1.82, 2.24) is 0 Å². The first-order valence-corrected chi connectivity index (χ1v) is 7.32. The van der Waals surface area contributed by atoms with Gasteiger partial charge in [-0.25, -0.2) is 0 Å². The largest absolute Gasteiger partial charge is 0.396 e. The molecule has 3 nitrogen and oxygen atoms in total. The molecule has 1 saturated heterocycles. The van der Waals surface area contributed by atoms with Crippen LogP contribution in [0.2, 0.25) is 0 Å². The molecule has 0 radical (unpaired) electrons. The fraction of sp³-hybridized carbons (Fsp3) is 0.571. The zero-order valence-corrected chi connectivity index (χ0v) is 12.4. The number of anilines is 1. The van der Waals surface area contributed by atoms with Crippen LogP contribution in [-0.4, -0.2) is 24.8 Å². The van der Waals surface area contributed by atoms with Crippen LogP contribution in [0.15, 0.2) is 22.7 Å². The molecule has 3 N–H and O–H groups in total. The minimum atomic E-state index is 0.0365. The molecule has 0 bridgehead atoms. The number of aliphatic hydroxyl groups excluding tert-OH is 1. The molecule has 0 saturated carbocycles. The number of nitrogens with zero attached hydrogens (tertiary/aromatic N) is 1. The molecule has 0 aliphatic carbocycles. The first kappa shape index (κ1) is 13.8. The number of hydrogen-bond donors (Lipinski definition) is 2. The van der Waals surface area contributed by atoms with Crippen LogP contribution >= 0.6 is 15.9 Å². The molecule has 1 aromatic rings. The van der Waals surface area contributed by atoms with Crippen LogP contribution in [0.3, 0.4) is 0 Å². The fourth-order valence-corrected chi connectivity index (χ4v) is 3.03. The number of nitrogens with two attached hydrogens (primary N) is 1. The van der Waals surface area contributed by atoms with E-state index in [-0.39, 0.29) is 6.04 Å². The van der Waals surface area contributed by atoms with Gasteiger partial charge in [-0.15, -0.1) is 0 Å². The third kappa shape index (κ3) is 3.05. The fourth-order valence-electron chi connectivity index (χ4n) is 2.65. The zero-order valence-electron chi connectivity index (χ0n) is 10.8. The van der Waals surface area contributed by atoms with Crippen LogP contribution in [0.4, 0.5) is 5.69 Å². The lowest BCUT2D eigenvalue weighted by Gasteiger charge is -2.24. The zero-order chi connectivity index (χ0) is 13.1. The second-order valence-electron chi connectivity index (χ2n) is 5.10. The summed E-state index contributed by atoms with van der Waals surface area (Å²) >= 11 is 3.50. The maximum atomic E-state index is 9.02. The topological polar surface area (TPSA) is 49.5 Å². The van der Waals surface area contributed by atoms with E-state index in [9.17, 15) is 0 Å². The van der Waals surface area contributed by atoms with E-state index >= 15 is 0 Å². The summed E-state index contributed by atoms with van der Waals surface area (Å²) in [6, 6.07) is 6.36. The van der Waals surface area contributed by atoms with E-state index in [1.165, 1.54) is 11.3 Å². The Morgan fingerprint density at radius 3 is 3.00 bits per heavy atom. The molecule has 1 aliphatic rings. The summed E-state index contributed by atoms with van der Waals surface area (Å²) in [7, 11) is 0. The molecule has 18 heavy (non-hydrogen) atoms. The number of hydrogen-bond acceptors (Lipinski definition) is 3. The molecule has 4 heteroatoms. The van der Waals surface area contributed by atoms with Gasteiger partial charge in [0.05, 0.1) is 0 Å². The maximum absolute atomic E-state index is 9.02. The van der Waals surface area contributed by atoms with Crippen molar-refractivity contribution in [3.05, 3.63) is 28.2 Å². The molecule has 2 atom stereocenters. The van der Waals surface area contributed by atoms with E-state index in [2.05, 4.69) is 39.0 Å². The molecular formula is C14H21BrN2O. The molecule has 1 aliphatic heterocycles. The Hall–Kier alpha value is -0.580. The van der Waals surface area contributed by atoms with Crippen molar-refractivity contribution in [2.24, 2.45) is 11.7 Å². The summed E-state index contributed by atoms with van der Waals surface area (Å²) < 4.78 is 1.07. The molecule has 2 unspecified atom stereocenters. The molecule has 1 aromatic carbocycles. The lowest BCUT2D eigenvalue weighted by molar-refractivity contribution is 0.263. The highest BCUT2D eigenvalue weighted by Gasteiger charge is 2.24. The number of rotatable bonds is 4. The molecule has 0 spiro atoms. The Bertz CT molecular complexity index is 409. The summed E-state index contributed by atoms with van der Waals surface area (Å²) in [5.41, 5.74) is 8.49. The minimum Gasteiger partial charge on any atom is -0.396 e. The van der Waals surface area contributed by atoms with Gasteiger partial charge in [-0.1, -0.05) is 15.9 Å². The van der Waals surface area contributed by atoms with Gasteiger partial charge in [0.25, 0.3) is 0 Å². The second kappa shape index (κ2) is 6.04. The van der Waals surface area contributed by atoms with E-state index in [0.717, 1.165) is 30.4 Å². The van der Waals surface area contributed by atoms with Crippen molar-refractivity contribution in [3.63, 3.8) is 0 Å². The Kier molecular flexibility index (Phi) is 4.65. The van der Waals surface area contributed by atoms with Crippen LogP contribution in [-0.2, 0) is 0 Å². The van der Waals surface area contributed by atoms with Gasteiger partial charge in [0, 0.05) is 35.9 Å². The van der Waals surface area contributed by atoms with Gasteiger partial charge < -0.3 is 15.7 Å². The highest BCUT2D eigenvalue weighted by molar-refractivity contribution is 9.10. The predicted octanol–water partition coefficient (Wildman–Crippen LogP) is 2.68. The number of benzene rings is 1. The van der Waals surface area contributed by atoms with Gasteiger partial charge in [0.2, 0.25) is 0 Å². The first-order chi connectivity index (χ1) is 8.61. The quantitative estimate of drug-likeness (QED) is 0.898. The van der Waals surface area contributed by atoms with E-state index in [1.807, 2.05) is 6.92 Å². The van der Waals surface area contributed by atoms with Gasteiger partial charge in [-0.3, -0.25) is 0 Å². The van der Waals surface area contributed by atoms with Crippen molar-refractivity contribution in [3.8, 4) is 0 Å². The minimum absolute atomic E-state index is 0.0365. The summed E-state index contributed by atoms with van der Waals surface area (Å²) in [5, 5.41) is 9.02. The van der Waals surface area contributed by atoms with Crippen molar-refractivity contribution < 1.29 is 5.11 Å². The van der Waals surface area contributed by atoms with Crippen molar-refractivity contribution in [1.29, 1.82) is 0 Å². The first-order valence-electron chi connectivity index (χ1n) is 6.52. The van der Waals surface area contributed by atoms with Crippen molar-refractivity contribution in [2.45, 2.75) is 25.8 Å². The molecule has 1 heterocycles. The lowest BCUT2D eigenvalue weighted by atomic mass is 10.1. The smallest absolute Gasteiger partial charge is 0.0434 e. The van der Waals surface area contributed by atoms with Gasteiger partial charge >= 0.3 is 0 Å². The molecule has 0 amide bonds. The van der Waals surface area contributed by atoms with Crippen LogP contribution < -0.4 is 10.6 Å². The third-order valence-corrected chi connectivity index (χ3v) is 4.14. The van der Waals surface area contributed by atoms with E-state index in [1.54, 1.807) is 0 Å².